The van der Waals surface area contributed by atoms with E-state index >= 15 is 0 Å². The van der Waals surface area contributed by atoms with Crippen molar-refractivity contribution >= 4 is 38.7 Å². The summed E-state index contributed by atoms with van der Waals surface area (Å²) >= 11 is 1.85. The Kier molecular flexibility index (Phi) is 4.09. The molecule has 2 fully saturated rings. The van der Waals surface area contributed by atoms with Gasteiger partial charge in [0, 0.05) is 34.5 Å². The standard InChI is InChI=1S/C17H19NO5S2/c1-3-22-17(19)16-10(2)14-7-13(4-5-15(14)23-16)25(20,21)18-8-12-6-11(18)9-24-12/h4-5,7,11-12H,3,6,8-9H2,1-2H3/t11-,12+/m0/s1. The van der Waals surface area contributed by atoms with Gasteiger partial charge in [-0.2, -0.15) is 16.1 Å². The summed E-state index contributed by atoms with van der Waals surface area (Å²) in [7, 11) is -3.54. The number of rotatable bonds is 4. The van der Waals surface area contributed by atoms with E-state index in [0.29, 0.717) is 28.3 Å². The van der Waals surface area contributed by atoms with E-state index in [2.05, 4.69) is 0 Å². The molecular formula is C17H19NO5S2. The van der Waals surface area contributed by atoms with Gasteiger partial charge >= 0.3 is 5.97 Å². The lowest BCUT2D eigenvalue weighted by Gasteiger charge is -2.25. The van der Waals surface area contributed by atoms with E-state index in [4.69, 9.17) is 9.15 Å². The highest BCUT2D eigenvalue weighted by Gasteiger charge is 2.45. The summed E-state index contributed by atoms with van der Waals surface area (Å²) in [6.45, 7) is 4.30. The fourth-order valence-corrected chi connectivity index (χ4v) is 6.88. The van der Waals surface area contributed by atoms with Crippen LogP contribution in [0, 0.1) is 6.92 Å². The summed E-state index contributed by atoms with van der Waals surface area (Å²) < 4.78 is 38.2. The Hall–Kier alpha value is -1.51. The van der Waals surface area contributed by atoms with Crippen LogP contribution in [0.3, 0.4) is 0 Å². The van der Waals surface area contributed by atoms with E-state index in [1.807, 2.05) is 11.8 Å². The SMILES string of the molecule is CCOC(=O)c1oc2ccc(S(=O)(=O)N3C[C@H]4C[C@H]3CS4)cc2c1C. The second-order valence-corrected chi connectivity index (χ2v) is 9.58. The van der Waals surface area contributed by atoms with Crippen LogP contribution in [0.2, 0.25) is 0 Å². The van der Waals surface area contributed by atoms with Crippen LogP contribution in [0.15, 0.2) is 27.5 Å². The number of aryl methyl sites for hydroxylation is 1. The van der Waals surface area contributed by atoms with Crippen molar-refractivity contribution in [3.8, 4) is 0 Å². The van der Waals surface area contributed by atoms with Gasteiger partial charge < -0.3 is 9.15 Å². The van der Waals surface area contributed by atoms with Gasteiger partial charge in [0.05, 0.1) is 11.5 Å². The summed E-state index contributed by atoms with van der Waals surface area (Å²) in [6.07, 6.45) is 0.934. The minimum Gasteiger partial charge on any atom is -0.460 e. The van der Waals surface area contributed by atoms with Crippen molar-refractivity contribution in [3.05, 3.63) is 29.5 Å². The summed E-state index contributed by atoms with van der Waals surface area (Å²) in [5.41, 5.74) is 1.09. The van der Waals surface area contributed by atoms with Crippen LogP contribution in [0.4, 0.5) is 0 Å². The minimum atomic E-state index is -3.54. The number of furan rings is 1. The molecule has 3 heterocycles. The van der Waals surface area contributed by atoms with Crippen molar-refractivity contribution in [1.82, 2.24) is 4.31 Å². The van der Waals surface area contributed by atoms with Gasteiger partial charge in [-0.15, -0.1) is 0 Å². The normalized spacial score (nSPS) is 23.4. The van der Waals surface area contributed by atoms with Gasteiger partial charge in [0.2, 0.25) is 15.8 Å². The van der Waals surface area contributed by atoms with Crippen LogP contribution >= 0.6 is 11.8 Å². The minimum absolute atomic E-state index is 0.0937. The lowest BCUT2D eigenvalue weighted by molar-refractivity contribution is 0.0491. The van der Waals surface area contributed by atoms with Crippen molar-refractivity contribution in [2.75, 3.05) is 18.9 Å². The highest BCUT2D eigenvalue weighted by molar-refractivity contribution is 8.00. The van der Waals surface area contributed by atoms with Gasteiger partial charge in [-0.25, -0.2) is 13.2 Å². The molecule has 2 aliphatic rings. The number of nitrogens with zero attached hydrogens (tertiary/aromatic N) is 1. The average molecular weight is 381 g/mol. The molecule has 1 aromatic carbocycles. The molecule has 2 bridgehead atoms. The first kappa shape index (κ1) is 16.9. The molecule has 134 valence electrons. The number of carbonyl (C=O) groups is 1. The predicted octanol–water partition coefficient (Wildman–Crippen LogP) is 2.80. The Balaban J connectivity index is 1.74. The lowest BCUT2D eigenvalue weighted by Crippen LogP contribution is -2.39. The monoisotopic (exact) mass is 381 g/mol. The van der Waals surface area contributed by atoms with Gasteiger partial charge in [-0.1, -0.05) is 0 Å². The van der Waals surface area contributed by atoms with Crippen LogP contribution in [-0.2, 0) is 14.8 Å². The van der Waals surface area contributed by atoms with Gasteiger partial charge in [0.25, 0.3) is 0 Å². The van der Waals surface area contributed by atoms with Gasteiger partial charge in [-0.05, 0) is 38.5 Å². The maximum absolute atomic E-state index is 13.0. The Bertz CT molecular complexity index is 949. The summed E-state index contributed by atoms with van der Waals surface area (Å²) in [5.74, 6) is 0.460. The molecular weight excluding hydrogens is 362 g/mol. The molecule has 0 saturated carbocycles. The van der Waals surface area contributed by atoms with E-state index in [0.717, 1.165) is 12.2 Å². The van der Waals surface area contributed by atoms with Crippen molar-refractivity contribution < 1.29 is 22.4 Å². The topological polar surface area (TPSA) is 76.8 Å². The number of thioether (sulfide) groups is 1. The Morgan fingerprint density at radius 3 is 2.88 bits per heavy atom. The number of benzene rings is 1. The Morgan fingerprint density at radius 1 is 1.44 bits per heavy atom. The van der Waals surface area contributed by atoms with Crippen molar-refractivity contribution in [3.63, 3.8) is 0 Å². The summed E-state index contributed by atoms with van der Waals surface area (Å²) in [5, 5.41) is 1.04. The number of hydrogen-bond donors (Lipinski definition) is 0. The summed E-state index contributed by atoms with van der Waals surface area (Å²) in [6, 6.07) is 4.86. The molecule has 8 heteroatoms. The fourth-order valence-electron chi connectivity index (χ4n) is 3.55. The maximum Gasteiger partial charge on any atom is 0.374 e. The zero-order valence-electron chi connectivity index (χ0n) is 14.0. The molecule has 4 rings (SSSR count). The number of fused-ring (bicyclic) bond motifs is 3. The van der Waals surface area contributed by atoms with Crippen molar-refractivity contribution in [2.45, 2.75) is 36.5 Å². The first-order valence-electron chi connectivity index (χ1n) is 8.25. The first-order chi connectivity index (χ1) is 11.9. The first-order valence-corrected chi connectivity index (χ1v) is 10.7. The van der Waals surface area contributed by atoms with Gasteiger partial charge in [0.1, 0.15) is 5.58 Å². The molecule has 0 N–H and O–H groups in total. The van der Waals surface area contributed by atoms with Crippen molar-refractivity contribution in [2.24, 2.45) is 0 Å². The van der Waals surface area contributed by atoms with Gasteiger partial charge in [-0.3, -0.25) is 0 Å². The zero-order valence-corrected chi connectivity index (χ0v) is 15.7. The molecule has 2 aliphatic heterocycles. The number of esters is 1. The Morgan fingerprint density at radius 2 is 2.24 bits per heavy atom. The molecule has 0 amide bonds. The molecule has 0 aliphatic carbocycles. The molecule has 2 atom stereocenters. The third-order valence-corrected chi connectivity index (χ3v) is 8.13. The van der Waals surface area contributed by atoms with E-state index in [-0.39, 0.29) is 23.3 Å². The smallest absolute Gasteiger partial charge is 0.374 e. The van der Waals surface area contributed by atoms with E-state index in [1.54, 1.807) is 36.4 Å². The number of sulfonamides is 1. The van der Waals surface area contributed by atoms with Crippen LogP contribution in [0.1, 0.15) is 29.5 Å². The highest BCUT2D eigenvalue weighted by Crippen LogP contribution is 2.40. The van der Waals surface area contributed by atoms with E-state index in [9.17, 15) is 13.2 Å². The van der Waals surface area contributed by atoms with E-state index in [1.165, 1.54) is 0 Å². The average Bonchev–Trinajstić information content (AvgIpc) is 3.29. The predicted molar refractivity (Wildman–Crippen MR) is 95.5 cm³/mol. The molecule has 1 aromatic heterocycles. The molecule has 0 unspecified atom stereocenters. The number of ether oxygens (including phenoxy) is 1. The maximum atomic E-state index is 13.0. The largest absolute Gasteiger partial charge is 0.460 e. The van der Waals surface area contributed by atoms with Crippen LogP contribution in [-0.4, -0.2) is 48.9 Å². The fraction of sp³-hybridized carbons (Fsp3) is 0.471. The highest BCUT2D eigenvalue weighted by atomic mass is 32.2. The third kappa shape index (κ3) is 2.67. The third-order valence-electron chi connectivity index (χ3n) is 4.83. The second kappa shape index (κ2) is 6.03. The number of hydrogen-bond acceptors (Lipinski definition) is 6. The second-order valence-electron chi connectivity index (χ2n) is 6.35. The van der Waals surface area contributed by atoms with Gasteiger partial charge in [0.15, 0.2) is 0 Å². The Labute approximate surface area is 150 Å². The molecule has 6 nitrogen and oxygen atoms in total. The molecule has 25 heavy (non-hydrogen) atoms. The van der Waals surface area contributed by atoms with Crippen LogP contribution in [0.25, 0.3) is 11.0 Å². The zero-order chi connectivity index (χ0) is 17.8. The summed E-state index contributed by atoms with van der Waals surface area (Å²) in [4.78, 5) is 12.2. The molecule has 0 radical (unpaired) electrons. The van der Waals surface area contributed by atoms with Crippen LogP contribution in [0.5, 0.6) is 0 Å². The van der Waals surface area contributed by atoms with Crippen molar-refractivity contribution in [1.29, 1.82) is 0 Å². The molecule has 2 saturated heterocycles. The molecule has 0 spiro atoms. The molecule has 2 aromatic rings. The quantitative estimate of drug-likeness (QED) is 0.758. The van der Waals surface area contributed by atoms with Crippen LogP contribution < -0.4 is 0 Å². The number of carbonyl (C=O) groups excluding carboxylic acids is 1. The lowest BCUT2D eigenvalue weighted by atomic mass is 10.1. The van der Waals surface area contributed by atoms with E-state index < -0.39 is 16.0 Å².